The van der Waals surface area contributed by atoms with E-state index < -0.39 is 0 Å². The van der Waals surface area contributed by atoms with Crippen molar-refractivity contribution < 1.29 is 0 Å². The Hall–Kier alpha value is -1.31. The Morgan fingerprint density at radius 1 is 1.25 bits per heavy atom. The van der Waals surface area contributed by atoms with Crippen molar-refractivity contribution in [1.29, 1.82) is 0 Å². The van der Waals surface area contributed by atoms with Gasteiger partial charge in [-0.3, -0.25) is 4.99 Å². The molecule has 2 nitrogen and oxygen atoms in total. The van der Waals surface area contributed by atoms with E-state index >= 15 is 0 Å². The zero-order chi connectivity index (χ0) is 8.97. The van der Waals surface area contributed by atoms with E-state index in [0.717, 1.165) is 5.56 Å². The van der Waals surface area contributed by atoms with Crippen LogP contribution in [0, 0.1) is 0 Å². The number of nitrogens with two attached hydrogens (primary N) is 1. The quantitative estimate of drug-likeness (QED) is 0.522. The van der Waals surface area contributed by atoms with Gasteiger partial charge in [-0.15, -0.1) is 0 Å². The van der Waals surface area contributed by atoms with Crippen LogP contribution in [0.5, 0.6) is 0 Å². The Balaban J connectivity index is 2.85. The first-order valence-corrected chi connectivity index (χ1v) is 4.09. The first-order valence-electron chi connectivity index (χ1n) is 4.09. The molecule has 1 aromatic rings. The summed E-state index contributed by atoms with van der Waals surface area (Å²) in [6.07, 6.45) is 0. The van der Waals surface area contributed by atoms with Crippen LogP contribution in [-0.2, 0) is 0 Å². The van der Waals surface area contributed by atoms with Gasteiger partial charge in [0.25, 0.3) is 0 Å². The van der Waals surface area contributed by atoms with Gasteiger partial charge in [-0.2, -0.15) is 0 Å². The van der Waals surface area contributed by atoms with Crippen molar-refractivity contribution in [2.45, 2.75) is 19.9 Å². The van der Waals surface area contributed by atoms with Gasteiger partial charge >= 0.3 is 0 Å². The number of amidine groups is 1. The van der Waals surface area contributed by atoms with Gasteiger partial charge in [-0.1, -0.05) is 30.3 Å². The Bertz CT molecular complexity index is 262. The van der Waals surface area contributed by atoms with Crippen molar-refractivity contribution in [2.75, 3.05) is 0 Å². The van der Waals surface area contributed by atoms with Gasteiger partial charge in [0.2, 0.25) is 0 Å². The molecular weight excluding hydrogens is 148 g/mol. The molecule has 0 radical (unpaired) electrons. The highest BCUT2D eigenvalue weighted by molar-refractivity contribution is 5.97. The van der Waals surface area contributed by atoms with E-state index in [9.17, 15) is 0 Å². The molecule has 0 aliphatic carbocycles. The lowest BCUT2D eigenvalue weighted by Gasteiger charge is -2.02. The Kier molecular flexibility index (Phi) is 2.86. The van der Waals surface area contributed by atoms with Crippen molar-refractivity contribution in [3.8, 4) is 0 Å². The molecule has 0 atom stereocenters. The number of benzene rings is 1. The molecule has 12 heavy (non-hydrogen) atoms. The van der Waals surface area contributed by atoms with Crippen LogP contribution in [0.1, 0.15) is 19.4 Å². The SMILES string of the molecule is CC(C)N=C(N)c1ccccc1. The van der Waals surface area contributed by atoms with Crippen molar-refractivity contribution in [2.24, 2.45) is 10.7 Å². The van der Waals surface area contributed by atoms with E-state index in [1.165, 1.54) is 0 Å². The highest BCUT2D eigenvalue weighted by Crippen LogP contribution is 1.99. The fourth-order valence-electron chi connectivity index (χ4n) is 0.962. The summed E-state index contributed by atoms with van der Waals surface area (Å²) in [6.45, 7) is 4.02. The monoisotopic (exact) mass is 162 g/mol. The third-order valence-electron chi connectivity index (χ3n) is 1.47. The van der Waals surface area contributed by atoms with E-state index in [4.69, 9.17) is 5.73 Å². The summed E-state index contributed by atoms with van der Waals surface area (Å²) >= 11 is 0. The predicted octanol–water partition coefficient (Wildman–Crippen LogP) is 1.80. The molecule has 2 N–H and O–H groups in total. The molecule has 0 bridgehead atoms. The minimum absolute atomic E-state index is 0.255. The van der Waals surface area contributed by atoms with Gasteiger partial charge in [0, 0.05) is 11.6 Å². The minimum atomic E-state index is 0.255. The van der Waals surface area contributed by atoms with Gasteiger partial charge in [-0.25, -0.2) is 0 Å². The second kappa shape index (κ2) is 3.90. The standard InChI is InChI=1S/C10H14N2/c1-8(2)12-10(11)9-6-4-3-5-7-9/h3-8H,1-2H3,(H2,11,12). The summed E-state index contributed by atoms with van der Waals surface area (Å²) in [5.41, 5.74) is 6.74. The van der Waals surface area contributed by atoms with Crippen LogP contribution in [0.15, 0.2) is 35.3 Å². The molecule has 0 aliphatic heterocycles. The Morgan fingerprint density at radius 2 is 1.83 bits per heavy atom. The predicted molar refractivity (Wildman–Crippen MR) is 52.3 cm³/mol. The molecule has 0 aliphatic rings. The summed E-state index contributed by atoms with van der Waals surface area (Å²) < 4.78 is 0. The zero-order valence-corrected chi connectivity index (χ0v) is 7.49. The smallest absolute Gasteiger partial charge is 0.125 e. The van der Waals surface area contributed by atoms with Gasteiger partial charge in [-0.05, 0) is 13.8 Å². The zero-order valence-electron chi connectivity index (χ0n) is 7.49. The maximum absolute atomic E-state index is 5.75. The molecule has 0 fully saturated rings. The van der Waals surface area contributed by atoms with Crippen LogP contribution in [0.25, 0.3) is 0 Å². The second-order valence-electron chi connectivity index (χ2n) is 2.97. The fourth-order valence-corrected chi connectivity index (χ4v) is 0.962. The van der Waals surface area contributed by atoms with E-state index in [1.807, 2.05) is 44.2 Å². The number of aliphatic imine (C=N–C) groups is 1. The van der Waals surface area contributed by atoms with Crippen molar-refractivity contribution in [3.05, 3.63) is 35.9 Å². The molecule has 2 heteroatoms. The normalized spacial score (nSPS) is 12.1. The number of rotatable bonds is 2. The van der Waals surface area contributed by atoms with Gasteiger partial charge < -0.3 is 5.73 Å². The first-order chi connectivity index (χ1) is 5.70. The average molecular weight is 162 g/mol. The highest BCUT2D eigenvalue weighted by atomic mass is 14.9. The van der Waals surface area contributed by atoms with Gasteiger partial charge in [0.1, 0.15) is 5.84 Å². The molecule has 1 rings (SSSR count). The lowest BCUT2D eigenvalue weighted by molar-refractivity contribution is 0.834. The van der Waals surface area contributed by atoms with E-state index in [-0.39, 0.29) is 6.04 Å². The number of hydrogen-bond donors (Lipinski definition) is 1. The lowest BCUT2D eigenvalue weighted by atomic mass is 10.2. The molecule has 0 amide bonds. The van der Waals surface area contributed by atoms with Crippen molar-refractivity contribution in [3.63, 3.8) is 0 Å². The molecule has 1 aromatic carbocycles. The topological polar surface area (TPSA) is 38.4 Å². The molecule has 0 heterocycles. The third kappa shape index (κ3) is 2.38. The molecular formula is C10H14N2. The van der Waals surface area contributed by atoms with Gasteiger partial charge in [0.05, 0.1) is 0 Å². The fraction of sp³-hybridized carbons (Fsp3) is 0.300. The minimum Gasteiger partial charge on any atom is -0.383 e. The first kappa shape index (κ1) is 8.78. The van der Waals surface area contributed by atoms with Crippen molar-refractivity contribution >= 4 is 5.84 Å². The molecule has 0 saturated carbocycles. The van der Waals surface area contributed by atoms with Crippen LogP contribution in [0.2, 0.25) is 0 Å². The highest BCUT2D eigenvalue weighted by Gasteiger charge is 1.96. The summed E-state index contributed by atoms with van der Waals surface area (Å²) in [4.78, 5) is 4.24. The second-order valence-corrected chi connectivity index (χ2v) is 2.97. The molecule has 0 aromatic heterocycles. The van der Waals surface area contributed by atoms with Crippen molar-refractivity contribution in [1.82, 2.24) is 0 Å². The number of hydrogen-bond acceptors (Lipinski definition) is 1. The largest absolute Gasteiger partial charge is 0.383 e. The Labute approximate surface area is 73.1 Å². The van der Waals surface area contributed by atoms with Crippen LogP contribution in [0.3, 0.4) is 0 Å². The molecule has 0 unspecified atom stereocenters. The summed E-state index contributed by atoms with van der Waals surface area (Å²) in [5.74, 6) is 0.616. The summed E-state index contributed by atoms with van der Waals surface area (Å²) in [5, 5.41) is 0. The third-order valence-corrected chi connectivity index (χ3v) is 1.47. The van der Waals surface area contributed by atoms with Crippen LogP contribution in [0.4, 0.5) is 0 Å². The summed E-state index contributed by atoms with van der Waals surface area (Å²) in [7, 11) is 0. The lowest BCUT2D eigenvalue weighted by Crippen LogP contribution is -2.15. The van der Waals surface area contributed by atoms with Crippen LogP contribution in [-0.4, -0.2) is 11.9 Å². The van der Waals surface area contributed by atoms with E-state index in [2.05, 4.69) is 4.99 Å². The molecule has 0 saturated heterocycles. The molecule has 0 spiro atoms. The van der Waals surface area contributed by atoms with E-state index in [1.54, 1.807) is 0 Å². The Morgan fingerprint density at radius 3 is 2.33 bits per heavy atom. The van der Waals surface area contributed by atoms with Gasteiger partial charge in [0.15, 0.2) is 0 Å². The maximum Gasteiger partial charge on any atom is 0.125 e. The van der Waals surface area contributed by atoms with Crippen LogP contribution >= 0.6 is 0 Å². The molecule has 64 valence electrons. The average Bonchev–Trinajstić information content (AvgIpc) is 2.05. The van der Waals surface area contributed by atoms with E-state index in [0.29, 0.717) is 5.84 Å². The summed E-state index contributed by atoms with van der Waals surface area (Å²) in [6, 6.07) is 10.1. The van der Waals surface area contributed by atoms with Crippen LogP contribution < -0.4 is 5.73 Å². The number of nitrogens with zero attached hydrogens (tertiary/aromatic N) is 1. The maximum atomic E-state index is 5.75.